The van der Waals surface area contributed by atoms with Gasteiger partial charge in [-0.15, -0.1) is 0 Å². The predicted molar refractivity (Wildman–Crippen MR) is 117 cm³/mol. The van der Waals surface area contributed by atoms with Gasteiger partial charge in [0.25, 0.3) is 0 Å². The number of ether oxygens (including phenoxy) is 1. The summed E-state index contributed by atoms with van der Waals surface area (Å²) in [4.78, 5) is 23.7. The van der Waals surface area contributed by atoms with E-state index in [2.05, 4.69) is 35.1 Å². The highest BCUT2D eigenvalue weighted by Crippen LogP contribution is 2.31. The Morgan fingerprint density at radius 2 is 1.90 bits per heavy atom. The molecule has 1 atom stereocenters. The number of hydrogen-bond acceptors (Lipinski definition) is 5. The zero-order valence-corrected chi connectivity index (χ0v) is 18.7. The molecule has 3 heterocycles. The number of piperidine rings is 1. The maximum atomic E-state index is 12.2. The van der Waals surface area contributed by atoms with Crippen LogP contribution < -0.4 is 4.90 Å². The SMILES string of the molecule is CCCCN1CCCC[C@H]1c1ccc(N2CCN(C(=O)OC(C)(C)C)CC2)nc1. The van der Waals surface area contributed by atoms with E-state index in [9.17, 15) is 4.79 Å². The van der Waals surface area contributed by atoms with E-state index in [-0.39, 0.29) is 6.09 Å². The number of pyridine rings is 1. The number of anilines is 1. The number of carbonyl (C=O) groups excluding carboxylic acids is 1. The molecule has 29 heavy (non-hydrogen) atoms. The third-order valence-corrected chi connectivity index (χ3v) is 5.82. The molecule has 1 amide bonds. The van der Waals surface area contributed by atoms with Gasteiger partial charge in [0.2, 0.25) is 0 Å². The Labute approximate surface area is 176 Å². The van der Waals surface area contributed by atoms with Crippen molar-refractivity contribution in [1.29, 1.82) is 0 Å². The van der Waals surface area contributed by atoms with Gasteiger partial charge in [-0.1, -0.05) is 25.8 Å². The van der Waals surface area contributed by atoms with Crippen LogP contribution in [0.25, 0.3) is 0 Å². The molecule has 1 aromatic rings. The molecule has 0 N–H and O–H groups in total. The first kappa shape index (κ1) is 21.9. The van der Waals surface area contributed by atoms with Crippen LogP contribution in [-0.4, -0.2) is 65.7 Å². The Morgan fingerprint density at radius 3 is 2.52 bits per heavy atom. The molecule has 0 aromatic carbocycles. The van der Waals surface area contributed by atoms with Gasteiger partial charge in [-0.3, -0.25) is 4.90 Å². The summed E-state index contributed by atoms with van der Waals surface area (Å²) >= 11 is 0. The smallest absolute Gasteiger partial charge is 0.410 e. The molecule has 0 bridgehead atoms. The second-order valence-corrected chi connectivity index (χ2v) is 9.31. The summed E-state index contributed by atoms with van der Waals surface area (Å²) in [6, 6.07) is 4.93. The second kappa shape index (κ2) is 9.79. The van der Waals surface area contributed by atoms with Crippen LogP contribution in [0.15, 0.2) is 18.3 Å². The van der Waals surface area contributed by atoms with E-state index < -0.39 is 5.60 Å². The van der Waals surface area contributed by atoms with Gasteiger partial charge >= 0.3 is 6.09 Å². The Balaban J connectivity index is 1.56. The summed E-state index contributed by atoms with van der Waals surface area (Å²) in [5.74, 6) is 1.01. The molecule has 0 unspecified atom stereocenters. The van der Waals surface area contributed by atoms with E-state index in [4.69, 9.17) is 9.72 Å². The number of carbonyl (C=O) groups is 1. The Hall–Kier alpha value is -1.82. The van der Waals surface area contributed by atoms with Crippen molar-refractivity contribution in [3.63, 3.8) is 0 Å². The molecule has 1 aromatic heterocycles. The minimum atomic E-state index is -0.449. The fourth-order valence-corrected chi connectivity index (χ4v) is 4.22. The number of amides is 1. The quantitative estimate of drug-likeness (QED) is 0.727. The van der Waals surface area contributed by atoms with Crippen LogP contribution in [0.4, 0.5) is 10.6 Å². The molecular weight excluding hydrogens is 364 g/mol. The van der Waals surface area contributed by atoms with Crippen LogP contribution >= 0.6 is 0 Å². The van der Waals surface area contributed by atoms with Gasteiger partial charge in [0.15, 0.2) is 0 Å². The van der Waals surface area contributed by atoms with Gasteiger partial charge in [-0.2, -0.15) is 0 Å². The number of hydrogen-bond donors (Lipinski definition) is 0. The zero-order valence-electron chi connectivity index (χ0n) is 18.7. The third-order valence-electron chi connectivity index (χ3n) is 5.82. The van der Waals surface area contributed by atoms with E-state index in [0.717, 1.165) is 18.9 Å². The average molecular weight is 403 g/mol. The molecule has 2 aliphatic rings. The normalized spacial score (nSPS) is 21.3. The van der Waals surface area contributed by atoms with Crippen LogP contribution in [0.5, 0.6) is 0 Å². The van der Waals surface area contributed by atoms with Crippen molar-refractivity contribution < 1.29 is 9.53 Å². The Morgan fingerprint density at radius 1 is 1.14 bits per heavy atom. The number of piperazine rings is 1. The number of likely N-dealkylation sites (tertiary alicyclic amines) is 1. The van der Waals surface area contributed by atoms with E-state index >= 15 is 0 Å². The predicted octanol–water partition coefficient (Wildman–Crippen LogP) is 4.47. The van der Waals surface area contributed by atoms with E-state index in [1.54, 1.807) is 4.90 Å². The Kier molecular flexibility index (Phi) is 7.38. The topological polar surface area (TPSA) is 48.9 Å². The molecule has 0 radical (unpaired) electrons. The summed E-state index contributed by atoms with van der Waals surface area (Å²) in [5.41, 5.74) is 0.896. The zero-order chi connectivity index (χ0) is 20.9. The number of unbranched alkanes of at least 4 members (excludes halogenated alkanes) is 1. The molecule has 0 spiro atoms. The minimum Gasteiger partial charge on any atom is -0.444 e. The van der Waals surface area contributed by atoms with Crippen molar-refractivity contribution in [3.05, 3.63) is 23.9 Å². The van der Waals surface area contributed by atoms with Gasteiger partial charge in [0, 0.05) is 38.4 Å². The first-order chi connectivity index (χ1) is 13.9. The van der Waals surface area contributed by atoms with Crippen molar-refractivity contribution in [2.75, 3.05) is 44.2 Å². The molecule has 3 rings (SSSR count). The molecule has 0 saturated carbocycles. The lowest BCUT2D eigenvalue weighted by Crippen LogP contribution is -2.50. The summed E-state index contributed by atoms with van der Waals surface area (Å²) in [6.45, 7) is 13.3. The lowest BCUT2D eigenvalue weighted by Gasteiger charge is -2.37. The number of aromatic nitrogens is 1. The van der Waals surface area contributed by atoms with Crippen LogP contribution in [0.2, 0.25) is 0 Å². The highest BCUT2D eigenvalue weighted by Gasteiger charge is 2.27. The third kappa shape index (κ3) is 6.08. The summed E-state index contributed by atoms with van der Waals surface area (Å²) < 4.78 is 5.49. The molecule has 2 fully saturated rings. The average Bonchev–Trinajstić information content (AvgIpc) is 2.71. The van der Waals surface area contributed by atoms with Crippen LogP contribution in [0.1, 0.15) is 71.4 Å². The van der Waals surface area contributed by atoms with E-state index in [1.807, 2.05) is 20.8 Å². The van der Waals surface area contributed by atoms with Crippen LogP contribution in [0.3, 0.4) is 0 Å². The maximum Gasteiger partial charge on any atom is 0.410 e. The summed E-state index contributed by atoms with van der Waals surface area (Å²) in [7, 11) is 0. The molecule has 6 nitrogen and oxygen atoms in total. The molecular formula is C23H38N4O2. The molecule has 2 saturated heterocycles. The maximum absolute atomic E-state index is 12.2. The number of rotatable bonds is 5. The lowest BCUT2D eigenvalue weighted by molar-refractivity contribution is 0.0240. The highest BCUT2D eigenvalue weighted by molar-refractivity contribution is 5.68. The van der Waals surface area contributed by atoms with Crippen LogP contribution in [0, 0.1) is 0 Å². The molecule has 6 heteroatoms. The van der Waals surface area contributed by atoms with Crippen molar-refractivity contribution >= 4 is 11.9 Å². The highest BCUT2D eigenvalue weighted by atomic mass is 16.6. The number of nitrogens with zero attached hydrogens (tertiary/aromatic N) is 4. The van der Waals surface area contributed by atoms with Gasteiger partial charge in [0.1, 0.15) is 11.4 Å². The molecule has 0 aliphatic carbocycles. The van der Waals surface area contributed by atoms with Crippen LogP contribution in [-0.2, 0) is 4.74 Å². The van der Waals surface area contributed by atoms with Crippen molar-refractivity contribution in [3.8, 4) is 0 Å². The molecule has 2 aliphatic heterocycles. The van der Waals surface area contributed by atoms with Gasteiger partial charge in [0.05, 0.1) is 0 Å². The van der Waals surface area contributed by atoms with Crippen molar-refractivity contribution in [2.24, 2.45) is 0 Å². The van der Waals surface area contributed by atoms with Gasteiger partial charge in [-0.05, 0) is 64.8 Å². The minimum absolute atomic E-state index is 0.218. The summed E-state index contributed by atoms with van der Waals surface area (Å²) in [5, 5.41) is 0. The van der Waals surface area contributed by atoms with E-state index in [0.29, 0.717) is 19.1 Å². The van der Waals surface area contributed by atoms with Crippen molar-refractivity contribution in [1.82, 2.24) is 14.8 Å². The molecule has 162 valence electrons. The fraction of sp³-hybridized carbons (Fsp3) is 0.739. The second-order valence-electron chi connectivity index (χ2n) is 9.31. The van der Waals surface area contributed by atoms with E-state index in [1.165, 1.54) is 50.8 Å². The fourth-order valence-electron chi connectivity index (χ4n) is 4.22. The van der Waals surface area contributed by atoms with Crippen molar-refractivity contribution in [2.45, 2.75) is 71.4 Å². The summed E-state index contributed by atoms with van der Waals surface area (Å²) in [6.07, 6.45) is 8.23. The monoisotopic (exact) mass is 402 g/mol. The largest absolute Gasteiger partial charge is 0.444 e. The Bertz CT molecular complexity index is 648. The van der Waals surface area contributed by atoms with Gasteiger partial charge in [-0.25, -0.2) is 9.78 Å². The first-order valence-corrected chi connectivity index (χ1v) is 11.3. The standard InChI is InChI=1S/C23H38N4O2/c1-5-6-12-25-13-8-7-9-20(25)19-10-11-21(24-18-19)26-14-16-27(17-15-26)22(28)29-23(2,3)4/h10-11,18,20H,5-9,12-17H2,1-4H3/t20-/m0/s1. The lowest BCUT2D eigenvalue weighted by atomic mass is 9.96. The van der Waals surface area contributed by atoms with Gasteiger partial charge < -0.3 is 14.5 Å². The first-order valence-electron chi connectivity index (χ1n) is 11.3.